The fourth-order valence-electron chi connectivity index (χ4n) is 3.06. The van der Waals surface area contributed by atoms with Crippen molar-refractivity contribution < 1.29 is 14.3 Å². The minimum atomic E-state index is -0.467. The third-order valence-electron chi connectivity index (χ3n) is 4.70. The molecule has 0 aliphatic heterocycles. The van der Waals surface area contributed by atoms with Crippen LogP contribution in [0.3, 0.4) is 0 Å². The molecule has 28 heavy (non-hydrogen) atoms. The van der Waals surface area contributed by atoms with Crippen LogP contribution in [0, 0.1) is 13.8 Å². The van der Waals surface area contributed by atoms with Gasteiger partial charge in [0.1, 0.15) is 0 Å². The molecule has 0 unspecified atom stereocenters. The molecule has 0 fully saturated rings. The maximum Gasteiger partial charge on any atom is 0.340 e. The van der Waals surface area contributed by atoms with Gasteiger partial charge in [0.15, 0.2) is 6.61 Å². The lowest BCUT2D eigenvalue weighted by molar-refractivity contribution is -0.133. The van der Waals surface area contributed by atoms with E-state index >= 15 is 0 Å². The van der Waals surface area contributed by atoms with Crippen LogP contribution in [0.1, 0.15) is 32.2 Å². The van der Waals surface area contributed by atoms with E-state index in [0.29, 0.717) is 18.7 Å². The largest absolute Gasteiger partial charge is 0.452 e. The van der Waals surface area contributed by atoms with Crippen LogP contribution < -0.4 is 0 Å². The van der Waals surface area contributed by atoms with Gasteiger partial charge in [0.05, 0.1) is 12.1 Å². The molecule has 1 amide bonds. The first kappa shape index (κ1) is 19.9. The average molecular weight is 397 g/mol. The zero-order valence-electron chi connectivity index (χ0n) is 16.3. The second kappa shape index (κ2) is 8.89. The summed E-state index contributed by atoms with van der Waals surface area (Å²) in [5.74, 6) is -0.690. The third kappa shape index (κ3) is 4.70. The van der Waals surface area contributed by atoms with Crippen molar-refractivity contribution in [1.82, 2.24) is 9.47 Å². The molecule has 0 aliphatic rings. The van der Waals surface area contributed by atoms with Crippen molar-refractivity contribution in [2.45, 2.75) is 26.9 Å². The summed E-state index contributed by atoms with van der Waals surface area (Å²) in [6.45, 7) is 4.81. The van der Waals surface area contributed by atoms with Crippen molar-refractivity contribution in [2.24, 2.45) is 0 Å². The molecule has 0 bridgehead atoms. The highest BCUT2D eigenvalue weighted by Gasteiger charge is 2.19. The lowest BCUT2D eigenvalue weighted by atomic mass is 10.2. The molecule has 0 saturated heterocycles. The normalized spacial score (nSPS) is 10.7. The number of hydrogen-bond acceptors (Lipinski definition) is 4. The van der Waals surface area contributed by atoms with Crippen LogP contribution >= 0.6 is 11.3 Å². The summed E-state index contributed by atoms with van der Waals surface area (Å²) in [4.78, 5) is 27.4. The lowest BCUT2D eigenvalue weighted by Gasteiger charge is -2.16. The molecular formula is C22H24N2O3S. The molecule has 6 heteroatoms. The highest BCUT2D eigenvalue weighted by Crippen LogP contribution is 2.18. The molecule has 0 aliphatic carbocycles. The van der Waals surface area contributed by atoms with Crippen molar-refractivity contribution in [3.63, 3.8) is 0 Å². The van der Waals surface area contributed by atoms with Crippen LogP contribution in [-0.2, 0) is 22.6 Å². The van der Waals surface area contributed by atoms with Gasteiger partial charge >= 0.3 is 5.97 Å². The predicted molar refractivity (Wildman–Crippen MR) is 111 cm³/mol. The van der Waals surface area contributed by atoms with Crippen LogP contribution in [0.15, 0.2) is 53.9 Å². The lowest BCUT2D eigenvalue weighted by Crippen LogP contribution is -2.30. The molecular weight excluding hydrogens is 372 g/mol. The number of likely N-dealkylation sites (N-methyl/N-ethyl adjacent to an activating group) is 1. The molecule has 1 aromatic carbocycles. The molecule has 0 atom stereocenters. The first-order valence-electron chi connectivity index (χ1n) is 9.10. The highest BCUT2D eigenvalue weighted by molar-refractivity contribution is 7.09. The summed E-state index contributed by atoms with van der Waals surface area (Å²) in [6, 6.07) is 15.8. The number of carbonyl (C=O) groups is 2. The van der Waals surface area contributed by atoms with Crippen LogP contribution in [0.4, 0.5) is 0 Å². The molecule has 5 nitrogen and oxygen atoms in total. The number of amides is 1. The van der Waals surface area contributed by atoms with E-state index in [4.69, 9.17) is 4.74 Å². The van der Waals surface area contributed by atoms with Crippen molar-refractivity contribution in [1.29, 1.82) is 0 Å². The van der Waals surface area contributed by atoms with Crippen LogP contribution in [-0.4, -0.2) is 35.0 Å². The van der Waals surface area contributed by atoms with Gasteiger partial charge in [-0.25, -0.2) is 4.79 Å². The van der Waals surface area contributed by atoms with Gasteiger partial charge in [-0.15, -0.1) is 11.3 Å². The molecule has 2 heterocycles. The van der Waals surface area contributed by atoms with Crippen LogP contribution in [0.25, 0.3) is 0 Å². The Bertz CT molecular complexity index is 946. The Morgan fingerprint density at radius 3 is 2.54 bits per heavy atom. The minimum Gasteiger partial charge on any atom is -0.452 e. The molecule has 0 N–H and O–H groups in total. The molecule has 0 spiro atoms. The summed E-state index contributed by atoms with van der Waals surface area (Å²) in [5, 5.41) is 1.97. The number of nitrogens with zero attached hydrogens (tertiary/aromatic N) is 2. The number of benzene rings is 1. The fraction of sp³-hybridized carbons (Fsp3) is 0.273. The third-order valence-corrected chi connectivity index (χ3v) is 5.56. The van der Waals surface area contributed by atoms with Crippen LogP contribution in [0.2, 0.25) is 0 Å². The number of thiophene rings is 1. The first-order valence-corrected chi connectivity index (χ1v) is 9.98. The summed E-state index contributed by atoms with van der Waals surface area (Å²) < 4.78 is 7.37. The van der Waals surface area contributed by atoms with E-state index in [0.717, 1.165) is 21.8 Å². The zero-order valence-corrected chi connectivity index (χ0v) is 17.2. The van der Waals surface area contributed by atoms with Gasteiger partial charge in [0.25, 0.3) is 5.91 Å². The smallest absolute Gasteiger partial charge is 0.340 e. The van der Waals surface area contributed by atoms with E-state index in [-0.39, 0.29) is 12.5 Å². The zero-order chi connectivity index (χ0) is 20.1. The predicted octanol–water partition coefficient (Wildman–Crippen LogP) is 4.03. The topological polar surface area (TPSA) is 51.5 Å². The van der Waals surface area contributed by atoms with Crippen molar-refractivity contribution in [3.05, 3.63) is 81.3 Å². The van der Waals surface area contributed by atoms with Gasteiger partial charge in [0.2, 0.25) is 0 Å². The van der Waals surface area contributed by atoms with Gasteiger partial charge in [-0.2, -0.15) is 0 Å². The second-order valence-electron chi connectivity index (χ2n) is 6.76. The Kier molecular flexibility index (Phi) is 6.31. The summed E-state index contributed by atoms with van der Waals surface area (Å²) in [7, 11) is 1.71. The Balaban J connectivity index is 1.61. The van der Waals surface area contributed by atoms with Gasteiger partial charge in [-0.1, -0.05) is 36.4 Å². The Hall–Kier alpha value is -2.86. The minimum absolute atomic E-state index is 0.222. The van der Waals surface area contributed by atoms with E-state index in [1.54, 1.807) is 23.3 Å². The molecule has 146 valence electrons. The van der Waals surface area contributed by atoms with E-state index in [1.807, 2.05) is 55.6 Å². The number of esters is 1. The molecule has 3 aromatic rings. The van der Waals surface area contributed by atoms with Crippen molar-refractivity contribution in [3.8, 4) is 0 Å². The Morgan fingerprint density at radius 1 is 1.11 bits per heavy atom. The average Bonchev–Trinajstić information content (AvgIpc) is 3.30. The summed E-state index contributed by atoms with van der Waals surface area (Å²) in [5.41, 5.74) is 3.48. The maximum atomic E-state index is 12.5. The van der Waals surface area contributed by atoms with E-state index in [1.165, 1.54) is 0 Å². The molecule has 3 rings (SSSR count). The number of aryl methyl sites for hydroxylation is 1. The van der Waals surface area contributed by atoms with Crippen molar-refractivity contribution in [2.75, 3.05) is 13.7 Å². The van der Waals surface area contributed by atoms with Crippen molar-refractivity contribution >= 4 is 23.2 Å². The quantitative estimate of drug-likeness (QED) is 0.567. The molecule has 0 radical (unpaired) electrons. The van der Waals surface area contributed by atoms with E-state index < -0.39 is 5.97 Å². The maximum absolute atomic E-state index is 12.5. The number of rotatable bonds is 7. The Morgan fingerprint density at radius 2 is 1.86 bits per heavy atom. The highest BCUT2D eigenvalue weighted by atomic mass is 32.1. The monoisotopic (exact) mass is 396 g/mol. The fourth-order valence-corrected chi connectivity index (χ4v) is 3.81. The van der Waals surface area contributed by atoms with Crippen LogP contribution in [0.5, 0.6) is 0 Å². The van der Waals surface area contributed by atoms with E-state index in [2.05, 4.69) is 16.7 Å². The Labute approximate surface area is 169 Å². The van der Waals surface area contributed by atoms with E-state index in [9.17, 15) is 9.59 Å². The summed E-state index contributed by atoms with van der Waals surface area (Å²) in [6.07, 6.45) is 0. The molecule has 0 saturated carbocycles. The van der Waals surface area contributed by atoms with Gasteiger partial charge in [-0.3, -0.25) is 4.79 Å². The first-order chi connectivity index (χ1) is 13.5. The standard InChI is InChI=1S/C22H24N2O3S/c1-16-12-20(17(2)24(16)13-18-8-5-4-6-9-18)22(26)27-15-21(25)23(3)14-19-10-7-11-28-19/h4-12H,13-15H2,1-3H3. The number of ether oxygens (including phenoxy) is 1. The molecule has 2 aromatic heterocycles. The number of hydrogen-bond donors (Lipinski definition) is 0. The van der Waals surface area contributed by atoms with Gasteiger partial charge in [-0.05, 0) is 36.9 Å². The SMILES string of the molecule is Cc1cc(C(=O)OCC(=O)N(C)Cc2cccs2)c(C)n1Cc1ccccc1. The summed E-state index contributed by atoms with van der Waals surface area (Å²) >= 11 is 1.59. The van der Waals surface area contributed by atoms with Gasteiger partial charge in [0, 0.05) is 29.9 Å². The number of aromatic nitrogens is 1. The van der Waals surface area contributed by atoms with Gasteiger partial charge < -0.3 is 14.2 Å². The number of carbonyl (C=O) groups excluding carboxylic acids is 2. The second-order valence-corrected chi connectivity index (χ2v) is 7.79.